The highest BCUT2D eigenvalue weighted by Crippen LogP contribution is 2.29. The lowest BCUT2D eigenvalue weighted by Gasteiger charge is -2.32. The van der Waals surface area contributed by atoms with E-state index in [1.807, 2.05) is 39.0 Å². The lowest BCUT2D eigenvalue weighted by Crippen LogP contribution is -2.39. The Morgan fingerprint density at radius 2 is 1.87 bits per heavy atom. The minimum Gasteiger partial charge on any atom is -0.328 e. The molecule has 0 aliphatic rings. The summed E-state index contributed by atoms with van der Waals surface area (Å²) >= 11 is 12.3. The molecule has 3 rings (SSSR count). The molecule has 1 atom stereocenters. The van der Waals surface area contributed by atoms with Crippen LogP contribution >= 0.6 is 23.2 Å². The van der Waals surface area contributed by atoms with Crippen LogP contribution in [-0.4, -0.2) is 26.9 Å². The van der Waals surface area contributed by atoms with Gasteiger partial charge in [-0.1, -0.05) is 49.2 Å². The first-order chi connectivity index (χ1) is 14.4. The quantitative estimate of drug-likeness (QED) is 0.466. The lowest BCUT2D eigenvalue weighted by atomic mass is 10.1. The van der Waals surface area contributed by atoms with Gasteiger partial charge in [-0.2, -0.15) is 0 Å². The Morgan fingerprint density at radius 3 is 2.50 bits per heavy atom. The van der Waals surface area contributed by atoms with Crippen LogP contribution in [0.5, 0.6) is 0 Å². The van der Waals surface area contributed by atoms with Crippen LogP contribution in [0.1, 0.15) is 55.8 Å². The summed E-state index contributed by atoms with van der Waals surface area (Å²) in [7, 11) is 0. The highest BCUT2D eigenvalue weighted by molar-refractivity contribution is 6.36. The second-order valence-corrected chi connectivity index (χ2v) is 7.93. The maximum absolute atomic E-state index is 13.5. The van der Waals surface area contributed by atoms with Crippen molar-refractivity contribution >= 4 is 40.0 Å². The van der Waals surface area contributed by atoms with E-state index in [-0.39, 0.29) is 17.5 Å². The summed E-state index contributed by atoms with van der Waals surface area (Å²) in [5.41, 5.74) is 0.929. The summed E-state index contributed by atoms with van der Waals surface area (Å²) in [5, 5.41) is 1.36. The zero-order valence-electron chi connectivity index (χ0n) is 17.4. The van der Waals surface area contributed by atoms with Crippen molar-refractivity contribution in [3.63, 3.8) is 0 Å². The number of rotatable bonds is 7. The van der Waals surface area contributed by atoms with Gasteiger partial charge < -0.3 is 4.90 Å². The number of halogens is 2. The number of carbonyl (C=O) groups is 1. The molecule has 0 radical (unpaired) electrons. The van der Waals surface area contributed by atoms with Crippen LogP contribution in [0.15, 0.2) is 47.3 Å². The normalized spacial score (nSPS) is 12.2. The molecule has 1 aromatic heterocycles. The largest absolute Gasteiger partial charge is 0.328 e. The SMILES string of the molecule is CCCN(C(=O)c1ccc(Cl)cc1Cl)C(CC)c1nc2ccccc2c(=O)n1CC. The summed E-state index contributed by atoms with van der Waals surface area (Å²) in [6.07, 6.45) is 1.37. The van der Waals surface area contributed by atoms with Crippen molar-refractivity contribution < 1.29 is 4.79 Å². The molecule has 0 fully saturated rings. The Labute approximate surface area is 186 Å². The number of amides is 1. The molecule has 30 heavy (non-hydrogen) atoms. The van der Waals surface area contributed by atoms with Gasteiger partial charge in [0, 0.05) is 18.1 Å². The molecule has 5 nitrogen and oxygen atoms in total. The van der Waals surface area contributed by atoms with Crippen LogP contribution in [0, 0.1) is 0 Å². The minimum atomic E-state index is -0.360. The van der Waals surface area contributed by atoms with Gasteiger partial charge in [0.05, 0.1) is 27.5 Å². The van der Waals surface area contributed by atoms with E-state index in [1.54, 1.807) is 33.7 Å². The molecule has 1 unspecified atom stereocenters. The first-order valence-electron chi connectivity index (χ1n) is 10.2. The second kappa shape index (κ2) is 9.63. The standard InChI is InChI=1S/C23H25Cl2N3O2/c1-4-13-28(22(29)16-12-11-15(24)14-18(16)25)20(5-2)21-26-19-10-8-7-9-17(19)23(30)27(21)6-3/h7-12,14,20H,4-6,13H2,1-3H3. The van der Waals surface area contributed by atoms with Gasteiger partial charge in [-0.25, -0.2) is 4.98 Å². The van der Waals surface area contributed by atoms with Crippen molar-refractivity contribution in [3.8, 4) is 0 Å². The Kier molecular flexibility index (Phi) is 7.16. The van der Waals surface area contributed by atoms with E-state index in [1.165, 1.54) is 0 Å². The van der Waals surface area contributed by atoms with E-state index in [0.29, 0.717) is 51.8 Å². The Hall–Kier alpha value is -2.37. The van der Waals surface area contributed by atoms with E-state index >= 15 is 0 Å². The predicted molar refractivity (Wildman–Crippen MR) is 122 cm³/mol. The number of hydrogen-bond donors (Lipinski definition) is 0. The van der Waals surface area contributed by atoms with Crippen molar-refractivity contribution in [3.05, 3.63) is 74.3 Å². The predicted octanol–water partition coefficient (Wildman–Crippen LogP) is 5.73. The molecule has 0 N–H and O–H groups in total. The van der Waals surface area contributed by atoms with Gasteiger partial charge in [0.15, 0.2) is 0 Å². The molecule has 3 aromatic rings. The molecule has 158 valence electrons. The maximum atomic E-state index is 13.5. The third-order valence-electron chi connectivity index (χ3n) is 5.16. The van der Waals surface area contributed by atoms with E-state index in [4.69, 9.17) is 28.2 Å². The van der Waals surface area contributed by atoms with Crippen molar-refractivity contribution in [1.29, 1.82) is 0 Å². The summed E-state index contributed by atoms with van der Waals surface area (Å²) < 4.78 is 1.66. The number of carbonyl (C=O) groups excluding carboxylic acids is 1. The minimum absolute atomic E-state index is 0.0926. The maximum Gasteiger partial charge on any atom is 0.261 e. The molecule has 1 amide bonds. The smallest absolute Gasteiger partial charge is 0.261 e. The Balaban J connectivity index is 2.16. The average Bonchev–Trinajstić information content (AvgIpc) is 2.73. The Bertz CT molecular complexity index is 1130. The number of hydrogen-bond acceptors (Lipinski definition) is 3. The second-order valence-electron chi connectivity index (χ2n) is 7.08. The van der Waals surface area contributed by atoms with Crippen molar-refractivity contribution in [2.24, 2.45) is 0 Å². The average molecular weight is 446 g/mol. The molecule has 0 aliphatic carbocycles. The lowest BCUT2D eigenvalue weighted by molar-refractivity contribution is 0.0657. The van der Waals surface area contributed by atoms with Gasteiger partial charge in [-0.15, -0.1) is 0 Å². The molecule has 7 heteroatoms. The summed E-state index contributed by atoms with van der Waals surface area (Å²) in [4.78, 5) is 33.1. The van der Waals surface area contributed by atoms with Gasteiger partial charge in [0.25, 0.3) is 11.5 Å². The number of aromatic nitrogens is 2. The van der Waals surface area contributed by atoms with Crippen LogP contribution < -0.4 is 5.56 Å². The fourth-order valence-corrected chi connectivity index (χ4v) is 4.23. The summed E-state index contributed by atoms with van der Waals surface area (Å²) in [6, 6.07) is 11.8. The Morgan fingerprint density at radius 1 is 1.13 bits per heavy atom. The topological polar surface area (TPSA) is 55.2 Å². The molecular weight excluding hydrogens is 421 g/mol. The van der Waals surface area contributed by atoms with E-state index < -0.39 is 0 Å². The third kappa shape index (κ3) is 4.23. The van der Waals surface area contributed by atoms with Crippen molar-refractivity contribution in [2.75, 3.05) is 6.54 Å². The van der Waals surface area contributed by atoms with Crippen LogP contribution in [0.25, 0.3) is 10.9 Å². The van der Waals surface area contributed by atoms with E-state index in [0.717, 1.165) is 6.42 Å². The number of para-hydroxylation sites is 1. The van der Waals surface area contributed by atoms with Gasteiger partial charge in [0.1, 0.15) is 5.82 Å². The van der Waals surface area contributed by atoms with Crippen LogP contribution in [0.3, 0.4) is 0 Å². The molecule has 0 aliphatic heterocycles. The number of fused-ring (bicyclic) bond motifs is 1. The number of nitrogens with zero attached hydrogens (tertiary/aromatic N) is 3. The first-order valence-corrected chi connectivity index (χ1v) is 10.9. The van der Waals surface area contributed by atoms with Crippen LogP contribution in [0.4, 0.5) is 0 Å². The fourth-order valence-electron chi connectivity index (χ4n) is 3.74. The van der Waals surface area contributed by atoms with Crippen LogP contribution in [0.2, 0.25) is 10.0 Å². The number of benzene rings is 2. The van der Waals surface area contributed by atoms with E-state index in [9.17, 15) is 9.59 Å². The molecule has 0 spiro atoms. The molecule has 2 aromatic carbocycles. The van der Waals surface area contributed by atoms with Crippen molar-refractivity contribution in [2.45, 2.75) is 46.2 Å². The zero-order chi connectivity index (χ0) is 21.8. The van der Waals surface area contributed by atoms with Gasteiger partial charge in [-0.05, 0) is 50.1 Å². The van der Waals surface area contributed by atoms with Gasteiger partial charge in [-0.3, -0.25) is 14.2 Å². The molecule has 0 bridgehead atoms. The molecule has 1 heterocycles. The van der Waals surface area contributed by atoms with E-state index in [2.05, 4.69) is 0 Å². The zero-order valence-corrected chi connectivity index (χ0v) is 18.9. The molecular formula is C23H25Cl2N3O2. The van der Waals surface area contributed by atoms with Crippen molar-refractivity contribution in [1.82, 2.24) is 14.5 Å². The summed E-state index contributed by atoms with van der Waals surface area (Å²) in [6.45, 7) is 6.90. The van der Waals surface area contributed by atoms with Gasteiger partial charge in [0.2, 0.25) is 0 Å². The monoisotopic (exact) mass is 445 g/mol. The van der Waals surface area contributed by atoms with Gasteiger partial charge >= 0.3 is 0 Å². The first kappa shape index (κ1) is 22.3. The highest BCUT2D eigenvalue weighted by atomic mass is 35.5. The fraction of sp³-hybridized carbons (Fsp3) is 0.348. The van der Waals surface area contributed by atoms with Crippen LogP contribution in [-0.2, 0) is 6.54 Å². The molecule has 0 saturated heterocycles. The molecule has 0 saturated carbocycles. The third-order valence-corrected chi connectivity index (χ3v) is 5.70. The summed E-state index contributed by atoms with van der Waals surface area (Å²) in [5.74, 6) is 0.394. The highest BCUT2D eigenvalue weighted by Gasteiger charge is 2.29.